The van der Waals surface area contributed by atoms with Gasteiger partial charge in [-0.05, 0) is 0 Å². The lowest BCUT2D eigenvalue weighted by atomic mass is 10.8. The minimum absolute atomic E-state index is 0.674. The molecule has 0 atom stereocenters. The molecular weight excluding hydrogens is 124 g/mol. The Morgan fingerprint density at radius 3 is 3.25 bits per heavy atom. The Bertz CT molecular complexity index is 186. The smallest absolute Gasteiger partial charge is 0.182 e. The molecule has 4 nitrogen and oxygen atoms in total. The van der Waals surface area contributed by atoms with E-state index in [-0.39, 0.29) is 0 Å². The van der Waals surface area contributed by atoms with Crippen LogP contribution in [0.1, 0.15) is 0 Å². The fraction of sp³-hybridized carbons (Fsp3) is 0. The van der Waals surface area contributed by atoms with Gasteiger partial charge < -0.3 is 0 Å². The lowest BCUT2D eigenvalue weighted by Crippen LogP contribution is -1.79. The van der Waals surface area contributed by atoms with Crippen molar-refractivity contribution in [2.24, 2.45) is 0 Å². The van der Waals surface area contributed by atoms with Crippen molar-refractivity contribution in [1.29, 1.82) is 5.26 Å². The minimum Gasteiger partial charge on any atom is -0.281 e. The van der Waals surface area contributed by atoms with Crippen LogP contribution in [0.4, 0.5) is 5.00 Å². The molecule has 0 aromatic carbocycles. The predicted molar refractivity (Wildman–Crippen MR) is 29.1 cm³/mol. The van der Waals surface area contributed by atoms with Gasteiger partial charge in [0.05, 0.1) is 6.20 Å². The fourth-order valence-corrected chi connectivity index (χ4v) is 0.645. The first-order valence-electron chi connectivity index (χ1n) is 1.86. The van der Waals surface area contributed by atoms with E-state index in [1.165, 1.54) is 6.20 Å². The molecule has 0 aliphatic heterocycles. The van der Waals surface area contributed by atoms with Crippen LogP contribution in [0.5, 0.6) is 0 Å². The van der Waals surface area contributed by atoms with Crippen molar-refractivity contribution >= 4 is 16.5 Å². The van der Waals surface area contributed by atoms with Crippen LogP contribution in [0.25, 0.3) is 0 Å². The first-order chi connectivity index (χ1) is 3.93. The van der Waals surface area contributed by atoms with Crippen LogP contribution in [0.2, 0.25) is 0 Å². The zero-order valence-corrected chi connectivity index (χ0v) is 4.64. The molecule has 1 heterocycles. The van der Waals surface area contributed by atoms with Gasteiger partial charge in [0.1, 0.15) is 5.00 Å². The van der Waals surface area contributed by atoms with E-state index < -0.39 is 0 Å². The molecule has 0 saturated heterocycles. The third-order valence-electron chi connectivity index (χ3n) is 0.540. The molecule has 40 valence electrons. The van der Waals surface area contributed by atoms with Gasteiger partial charge in [-0.1, -0.05) is 4.49 Å². The Morgan fingerprint density at radius 1 is 1.88 bits per heavy atom. The minimum atomic E-state index is 0.674. The Hall–Kier alpha value is -1.15. The van der Waals surface area contributed by atoms with Crippen LogP contribution in [0, 0.1) is 11.5 Å². The second-order valence-corrected chi connectivity index (χ2v) is 1.80. The van der Waals surface area contributed by atoms with Gasteiger partial charge in [-0.3, -0.25) is 5.32 Å². The molecule has 0 aliphatic carbocycles. The predicted octanol–water partition coefficient (Wildman–Crippen LogP) is 0.431. The van der Waals surface area contributed by atoms with Crippen LogP contribution in [0.3, 0.4) is 0 Å². The van der Waals surface area contributed by atoms with Gasteiger partial charge in [-0.25, -0.2) is 0 Å². The largest absolute Gasteiger partial charge is 0.281 e. The number of aromatic nitrogens is 2. The summed E-state index contributed by atoms with van der Waals surface area (Å²) in [6.45, 7) is 0. The topological polar surface area (TPSA) is 61.6 Å². The summed E-state index contributed by atoms with van der Waals surface area (Å²) in [5, 5.41) is 14.6. The zero-order chi connectivity index (χ0) is 5.82. The van der Waals surface area contributed by atoms with E-state index in [9.17, 15) is 0 Å². The van der Waals surface area contributed by atoms with Gasteiger partial charge >= 0.3 is 0 Å². The van der Waals surface area contributed by atoms with E-state index in [2.05, 4.69) is 14.9 Å². The van der Waals surface area contributed by atoms with Crippen LogP contribution in [0.15, 0.2) is 6.20 Å². The van der Waals surface area contributed by atoms with E-state index in [0.717, 1.165) is 11.5 Å². The summed E-state index contributed by atoms with van der Waals surface area (Å²) >= 11 is 1.15. The maximum atomic E-state index is 8.03. The van der Waals surface area contributed by atoms with Gasteiger partial charge in [0.2, 0.25) is 0 Å². The molecule has 1 rings (SSSR count). The molecule has 1 aromatic rings. The number of anilines is 1. The average molecular weight is 126 g/mol. The highest BCUT2D eigenvalue weighted by Gasteiger charge is 1.88. The lowest BCUT2D eigenvalue weighted by molar-refractivity contribution is 1.16. The Kier molecular flexibility index (Phi) is 1.39. The molecule has 0 aliphatic rings. The molecule has 0 unspecified atom stereocenters. The van der Waals surface area contributed by atoms with Crippen molar-refractivity contribution in [2.75, 3.05) is 5.32 Å². The van der Waals surface area contributed by atoms with Gasteiger partial charge in [0, 0.05) is 11.5 Å². The molecule has 1 aromatic heterocycles. The summed E-state index contributed by atoms with van der Waals surface area (Å²) < 4.78 is 3.52. The van der Waals surface area contributed by atoms with Crippen LogP contribution in [-0.2, 0) is 0 Å². The van der Waals surface area contributed by atoms with Crippen LogP contribution in [-0.4, -0.2) is 9.59 Å². The molecule has 1 N–H and O–H groups in total. The molecule has 0 amide bonds. The van der Waals surface area contributed by atoms with Crippen molar-refractivity contribution < 1.29 is 0 Å². The van der Waals surface area contributed by atoms with Gasteiger partial charge in [-0.15, -0.1) is 5.10 Å². The zero-order valence-electron chi connectivity index (χ0n) is 3.83. The number of hydrogen-bond acceptors (Lipinski definition) is 5. The summed E-state index contributed by atoms with van der Waals surface area (Å²) in [5.74, 6) is 0. The molecule has 0 spiro atoms. The monoisotopic (exact) mass is 126 g/mol. The van der Waals surface area contributed by atoms with Gasteiger partial charge in [0.15, 0.2) is 6.19 Å². The lowest BCUT2D eigenvalue weighted by Gasteiger charge is -1.78. The second kappa shape index (κ2) is 2.23. The van der Waals surface area contributed by atoms with Crippen molar-refractivity contribution in [2.45, 2.75) is 0 Å². The summed E-state index contributed by atoms with van der Waals surface area (Å²) in [4.78, 5) is 0. The molecule has 0 radical (unpaired) electrons. The van der Waals surface area contributed by atoms with Crippen LogP contribution >= 0.6 is 11.5 Å². The summed E-state index contributed by atoms with van der Waals surface area (Å²) in [6, 6.07) is 0. The van der Waals surface area contributed by atoms with Crippen molar-refractivity contribution in [3.05, 3.63) is 6.20 Å². The Balaban J connectivity index is 2.67. The molecule has 5 heteroatoms. The normalized spacial score (nSPS) is 7.88. The van der Waals surface area contributed by atoms with E-state index in [1.54, 1.807) is 6.19 Å². The molecular formula is C3H2N4S. The van der Waals surface area contributed by atoms with Crippen molar-refractivity contribution in [3.63, 3.8) is 0 Å². The van der Waals surface area contributed by atoms with Crippen molar-refractivity contribution in [1.82, 2.24) is 9.59 Å². The maximum absolute atomic E-state index is 8.03. The number of nitrogens with one attached hydrogen (secondary N) is 1. The molecule has 0 bridgehead atoms. The number of nitrogens with zero attached hydrogens (tertiary/aromatic N) is 3. The molecule has 0 saturated carbocycles. The first-order valence-corrected chi connectivity index (χ1v) is 2.63. The third-order valence-corrected chi connectivity index (χ3v) is 1.12. The third kappa shape index (κ3) is 0.918. The van der Waals surface area contributed by atoms with E-state index in [4.69, 9.17) is 5.26 Å². The average Bonchev–Trinajstić information content (AvgIpc) is 2.19. The van der Waals surface area contributed by atoms with Crippen LogP contribution < -0.4 is 5.32 Å². The molecule has 8 heavy (non-hydrogen) atoms. The maximum Gasteiger partial charge on any atom is 0.182 e. The second-order valence-electron chi connectivity index (χ2n) is 1.02. The molecule has 0 fully saturated rings. The highest BCUT2D eigenvalue weighted by molar-refractivity contribution is 7.09. The SMILES string of the molecule is N#CNc1cnns1. The summed E-state index contributed by atoms with van der Waals surface area (Å²) in [7, 11) is 0. The highest BCUT2D eigenvalue weighted by Crippen LogP contribution is 2.06. The van der Waals surface area contributed by atoms with E-state index in [0.29, 0.717) is 5.00 Å². The number of rotatable bonds is 1. The summed E-state index contributed by atoms with van der Waals surface area (Å²) in [5.41, 5.74) is 0. The van der Waals surface area contributed by atoms with Gasteiger partial charge in [0.25, 0.3) is 0 Å². The fourth-order valence-electron chi connectivity index (χ4n) is 0.277. The summed E-state index contributed by atoms with van der Waals surface area (Å²) in [6.07, 6.45) is 3.24. The van der Waals surface area contributed by atoms with E-state index in [1.807, 2.05) is 0 Å². The van der Waals surface area contributed by atoms with Gasteiger partial charge in [-0.2, -0.15) is 5.26 Å². The number of hydrogen-bond donors (Lipinski definition) is 1. The first kappa shape index (κ1) is 5.00. The van der Waals surface area contributed by atoms with E-state index >= 15 is 0 Å². The Morgan fingerprint density at radius 2 is 2.75 bits per heavy atom. The highest BCUT2D eigenvalue weighted by atomic mass is 32.1. The number of nitriles is 1. The standard InChI is InChI=1S/C3H2N4S/c4-2-5-3-1-6-7-8-3/h1,5H. The quantitative estimate of drug-likeness (QED) is 0.438. The van der Waals surface area contributed by atoms with Crippen molar-refractivity contribution in [3.8, 4) is 6.19 Å². The Labute approximate surface area is 49.9 Å².